The molecule has 21 heavy (non-hydrogen) atoms. The molecule has 0 bridgehead atoms. The highest BCUT2D eigenvalue weighted by Crippen LogP contribution is 2.61. The lowest BCUT2D eigenvalue weighted by molar-refractivity contribution is 0.0518. The number of terminal acetylenes is 1. The SMILES string of the molecule is C#CC1=CC[C@H]2[C@@H]3CCC4=C(CCC(O)C4)[C@H]3CC[C@]12C. The monoisotopic (exact) mass is 282 g/mol. The van der Waals surface area contributed by atoms with E-state index in [2.05, 4.69) is 18.9 Å². The van der Waals surface area contributed by atoms with Crippen molar-refractivity contribution in [3.63, 3.8) is 0 Å². The van der Waals surface area contributed by atoms with Gasteiger partial charge in [-0.05, 0) is 69.1 Å². The molecule has 0 aliphatic heterocycles. The molecule has 4 rings (SSSR count). The molecule has 1 saturated carbocycles. The molecular formula is C20H26O. The minimum absolute atomic E-state index is 0.0738. The van der Waals surface area contributed by atoms with Crippen LogP contribution in [0.1, 0.15) is 58.3 Å². The Morgan fingerprint density at radius 2 is 2.14 bits per heavy atom. The van der Waals surface area contributed by atoms with E-state index in [0.29, 0.717) is 0 Å². The number of hydrogen-bond acceptors (Lipinski definition) is 1. The maximum absolute atomic E-state index is 9.94. The number of aliphatic hydroxyl groups is 1. The highest BCUT2D eigenvalue weighted by atomic mass is 16.3. The molecule has 0 amide bonds. The Morgan fingerprint density at radius 1 is 1.29 bits per heavy atom. The lowest BCUT2D eigenvalue weighted by Crippen LogP contribution is -2.43. The molecular weight excluding hydrogens is 256 g/mol. The first-order valence-corrected chi connectivity index (χ1v) is 8.69. The summed E-state index contributed by atoms with van der Waals surface area (Å²) in [5.41, 5.74) is 4.92. The number of rotatable bonds is 0. The first kappa shape index (κ1) is 13.6. The summed E-state index contributed by atoms with van der Waals surface area (Å²) >= 11 is 0. The van der Waals surface area contributed by atoms with Crippen molar-refractivity contribution in [1.82, 2.24) is 0 Å². The van der Waals surface area contributed by atoms with Gasteiger partial charge in [-0.25, -0.2) is 0 Å². The molecule has 5 atom stereocenters. The molecule has 0 aromatic heterocycles. The zero-order chi connectivity index (χ0) is 14.6. The zero-order valence-electron chi connectivity index (χ0n) is 13.1. The third kappa shape index (κ3) is 1.88. The Bertz CT molecular complexity index is 561. The van der Waals surface area contributed by atoms with E-state index < -0.39 is 0 Å². The lowest BCUT2D eigenvalue weighted by Gasteiger charge is -2.51. The average Bonchev–Trinajstić information content (AvgIpc) is 2.83. The molecule has 0 aromatic carbocycles. The summed E-state index contributed by atoms with van der Waals surface area (Å²) in [6.45, 7) is 2.42. The van der Waals surface area contributed by atoms with Crippen LogP contribution in [0.4, 0.5) is 0 Å². The van der Waals surface area contributed by atoms with Gasteiger partial charge in [-0.3, -0.25) is 0 Å². The molecule has 1 N–H and O–H groups in total. The topological polar surface area (TPSA) is 20.2 Å². The summed E-state index contributed by atoms with van der Waals surface area (Å²) < 4.78 is 0. The van der Waals surface area contributed by atoms with Gasteiger partial charge in [0.25, 0.3) is 0 Å². The Balaban J connectivity index is 1.64. The molecule has 0 spiro atoms. The van der Waals surface area contributed by atoms with Gasteiger partial charge in [-0.15, -0.1) is 6.42 Å². The van der Waals surface area contributed by atoms with Crippen LogP contribution in [-0.2, 0) is 0 Å². The van der Waals surface area contributed by atoms with Crippen LogP contribution >= 0.6 is 0 Å². The fraction of sp³-hybridized carbons (Fsp3) is 0.700. The molecule has 1 nitrogen and oxygen atoms in total. The van der Waals surface area contributed by atoms with E-state index in [1.54, 1.807) is 11.1 Å². The number of allylic oxidation sites excluding steroid dienone is 3. The van der Waals surface area contributed by atoms with E-state index in [1.807, 2.05) is 0 Å². The van der Waals surface area contributed by atoms with Crippen LogP contribution in [0.5, 0.6) is 0 Å². The summed E-state index contributed by atoms with van der Waals surface area (Å²) in [6.07, 6.45) is 17.4. The maximum atomic E-state index is 9.94. The van der Waals surface area contributed by atoms with Crippen molar-refractivity contribution in [3.05, 3.63) is 22.8 Å². The first-order valence-electron chi connectivity index (χ1n) is 8.69. The van der Waals surface area contributed by atoms with E-state index in [-0.39, 0.29) is 11.5 Å². The van der Waals surface area contributed by atoms with Gasteiger partial charge in [0.1, 0.15) is 0 Å². The van der Waals surface area contributed by atoms with Crippen LogP contribution in [0.3, 0.4) is 0 Å². The largest absolute Gasteiger partial charge is 0.393 e. The van der Waals surface area contributed by atoms with E-state index in [9.17, 15) is 5.11 Å². The Morgan fingerprint density at radius 3 is 2.95 bits per heavy atom. The molecule has 112 valence electrons. The molecule has 4 aliphatic carbocycles. The van der Waals surface area contributed by atoms with E-state index in [4.69, 9.17) is 6.42 Å². The summed E-state index contributed by atoms with van der Waals surface area (Å²) in [5.74, 6) is 5.37. The normalized spacial score (nSPS) is 45.3. The van der Waals surface area contributed by atoms with Crippen LogP contribution in [0.25, 0.3) is 0 Å². The second-order valence-corrected chi connectivity index (χ2v) is 7.89. The van der Waals surface area contributed by atoms with Crippen LogP contribution in [-0.4, -0.2) is 11.2 Å². The highest BCUT2D eigenvalue weighted by molar-refractivity contribution is 5.39. The van der Waals surface area contributed by atoms with Gasteiger partial charge in [0.15, 0.2) is 0 Å². The van der Waals surface area contributed by atoms with E-state index in [0.717, 1.165) is 37.0 Å². The Kier molecular flexibility index (Phi) is 3.09. The molecule has 1 unspecified atom stereocenters. The summed E-state index contributed by atoms with van der Waals surface area (Å²) in [4.78, 5) is 0. The van der Waals surface area contributed by atoms with Crippen molar-refractivity contribution < 1.29 is 5.11 Å². The quantitative estimate of drug-likeness (QED) is 0.520. The van der Waals surface area contributed by atoms with Crippen LogP contribution in [0.2, 0.25) is 0 Å². The number of aliphatic hydroxyl groups excluding tert-OH is 1. The van der Waals surface area contributed by atoms with Gasteiger partial charge in [0.2, 0.25) is 0 Å². The molecule has 0 radical (unpaired) electrons. The average molecular weight is 282 g/mol. The minimum atomic E-state index is -0.0738. The third-order valence-electron chi connectivity index (χ3n) is 7.08. The van der Waals surface area contributed by atoms with Crippen molar-refractivity contribution in [3.8, 4) is 12.3 Å². The van der Waals surface area contributed by atoms with Gasteiger partial charge < -0.3 is 5.11 Å². The van der Waals surface area contributed by atoms with Crippen LogP contribution < -0.4 is 0 Å². The molecule has 1 fully saturated rings. The number of hydrogen-bond donors (Lipinski definition) is 1. The van der Waals surface area contributed by atoms with Gasteiger partial charge >= 0.3 is 0 Å². The fourth-order valence-corrected chi connectivity index (χ4v) is 5.98. The maximum Gasteiger partial charge on any atom is 0.0580 e. The third-order valence-corrected chi connectivity index (χ3v) is 7.08. The van der Waals surface area contributed by atoms with Gasteiger partial charge in [-0.2, -0.15) is 0 Å². The van der Waals surface area contributed by atoms with Crippen molar-refractivity contribution >= 4 is 0 Å². The van der Waals surface area contributed by atoms with Crippen molar-refractivity contribution in [1.29, 1.82) is 0 Å². The van der Waals surface area contributed by atoms with Crippen molar-refractivity contribution in [2.45, 2.75) is 64.4 Å². The highest BCUT2D eigenvalue weighted by Gasteiger charge is 2.52. The number of fused-ring (bicyclic) bond motifs is 4. The predicted molar refractivity (Wildman–Crippen MR) is 85.5 cm³/mol. The van der Waals surface area contributed by atoms with Crippen LogP contribution in [0.15, 0.2) is 22.8 Å². The molecule has 4 aliphatic rings. The summed E-state index contributed by atoms with van der Waals surface area (Å²) in [7, 11) is 0. The second-order valence-electron chi connectivity index (χ2n) is 7.89. The first-order chi connectivity index (χ1) is 10.1. The predicted octanol–water partition coefficient (Wildman–Crippen LogP) is 4.23. The molecule has 0 aromatic rings. The van der Waals surface area contributed by atoms with E-state index in [1.165, 1.54) is 37.7 Å². The molecule has 0 saturated heterocycles. The molecule has 1 heteroatoms. The van der Waals surface area contributed by atoms with Gasteiger partial charge in [-0.1, -0.05) is 30.1 Å². The Hall–Kier alpha value is -1.00. The lowest BCUT2D eigenvalue weighted by atomic mass is 9.53. The molecule has 0 heterocycles. The van der Waals surface area contributed by atoms with Crippen molar-refractivity contribution in [2.75, 3.05) is 0 Å². The second kappa shape index (κ2) is 4.75. The van der Waals surface area contributed by atoms with Gasteiger partial charge in [0.05, 0.1) is 6.10 Å². The minimum Gasteiger partial charge on any atom is -0.393 e. The summed E-state index contributed by atoms with van der Waals surface area (Å²) in [5, 5.41) is 9.94. The van der Waals surface area contributed by atoms with Crippen LogP contribution in [0, 0.1) is 35.5 Å². The standard InChI is InChI=1S/C20H26O/c1-3-14-5-9-19-18-7-4-13-12-15(21)6-8-16(13)17(18)10-11-20(14,19)2/h1,5,15,17-19,21H,4,6-12H2,2H3/t15?,17-,18-,19+,20-/m1/s1. The zero-order valence-corrected chi connectivity index (χ0v) is 13.1. The van der Waals surface area contributed by atoms with Gasteiger partial charge in [0, 0.05) is 11.0 Å². The fourth-order valence-electron chi connectivity index (χ4n) is 5.98. The Labute approximate surface area is 128 Å². The summed E-state index contributed by atoms with van der Waals surface area (Å²) in [6, 6.07) is 0. The van der Waals surface area contributed by atoms with E-state index >= 15 is 0 Å². The van der Waals surface area contributed by atoms with Crippen molar-refractivity contribution in [2.24, 2.45) is 23.2 Å². The smallest absolute Gasteiger partial charge is 0.0580 e.